The smallest absolute Gasteiger partial charge is 0.421 e. The number of urea groups is 1. The highest BCUT2D eigenvalue weighted by atomic mass is 16.3. The molecule has 0 spiro atoms. The molecule has 0 saturated carbocycles. The number of rotatable bonds is 4. The number of amides is 3. The van der Waals surface area contributed by atoms with Gasteiger partial charge in [-0.2, -0.15) is 5.43 Å². The number of hydrogen-bond acceptors (Lipinski definition) is 6. The number of fused-ring (bicyclic) bond motifs is 1. The maximum atomic E-state index is 12.9. The number of imide groups is 1. The number of carbonyl (C=O) groups is 2. The van der Waals surface area contributed by atoms with E-state index in [2.05, 4.69) is 15.2 Å². The molecule has 158 valence electrons. The van der Waals surface area contributed by atoms with E-state index in [0.29, 0.717) is 18.3 Å². The molecule has 1 fully saturated rings. The Morgan fingerprint density at radius 2 is 1.74 bits per heavy atom. The van der Waals surface area contributed by atoms with E-state index in [1.165, 1.54) is 24.1 Å². The Hall–Kier alpha value is -4.10. The number of amidine groups is 1. The first-order valence-electron chi connectivity index (χ1n) is 9.74. The van der Waals surface area contributed by atoms with Crippen molar-refractivity contribution < 1.29 is 14.7 Å². The maximum absolute atomic E-state index is 12.9. The van der Waals surface area contributed by atoms with Crippen molar-refractivity contribution in [1.29, 1.82) is 0 Å². The summed E-state index contributed by atoms with van der Waals surface area (Å²) in [7, 11) is 3.06. The molecule has 2 aromatic rings. The molecule has 2 heterocycles. The topological polar surface area (TPSA) is 105 Å². The molecule has 1 unspecified atom stereocenters. The van der Waals surface area contributed by atoms with Crippen LogP contribution in [0.25, 0.3) is 0 Å². The third-order valence-electron chi connectivity index (χ3n) is 5.26. The highest BCUT2D eigenvalue weighted by Crippen LogP contribution is 2.20. The van der Waals surface area contributed by atoms with E-state index in [1.807, 2.05) is 31.2 Å². The van der Waals surface area contributed by atoms with Crippen molar-refractivity contribution >= 4 is 29.9 Å². The van der Waals surface area contributed by atoms with E-state index < -0.39 is 12.1 Å². The summed E-state index contributed by atoms with van der Waals surface area (Å²) in [6, 6.07) is 13.1. The molecular formula is C22H22N6O3. The van der Waals surface area contributed by atoms with Crippen molar-refractivity contribution in [1.82, 2.24) is 24.8 Å². The second kappa shape index (κ2) is 7.97. The lowest BCUT2D eigenvalue weighted by Crippen LogP contribution is -2.63. The Morgan fingerprint density at radius 3 is 2.42 bits per heavy atom. The van der Waals surface area contributed by atoms with Crippen LogP contribution in [0.4, 0.5) is 4.79 Å². The molecule has 3 amide bonds. The van der Waals surface area contributed by atoms with E-state index in [4.69, 9.17) is 0 Å². The molecule has 0 radical (unpaired) electrons. The molecule has 0 aliphatic carbocycles. The number of likely N-dealkylation sites (N-methyl/N-ethyl adjacent to an activating group) is 2. The zero-order valence-corrected chi connectivity index (χ0v) is 17.4. The van der Waals surface area contributed by atoms with Crippen LogP contribution in [-0.2, 0) is 11.3 Å². The number of hydrogen-bond donors (Lipinski definition) is 1. The Balaban J connectivity index is 1.63. The van der Waals surface area contributed by atoms with Crippen molar-refractivity contribution in [3.8, 4) is 5.75 Å². The minimum Gasteiger partial charge on any atom is -0.872 e. The average molecular weight is 418 g/mol. The molecule has 2 aliphatic rings. The molecule has 2 aliphatic heterocycles. The normalized spacial score (nSPS) is 18.4. The van der Waals surface area contributed by atoms with Gasteiger partial charge in [0.15, 0.2) is 0 Å². The average Bonchev–Trinajstić information content (AvgIpc) is 3.12. The Kier molecular flexibility index (Phi) is 5.19. The Morgan fingerprint density at radius 1 is 1.06 bits per heavy atom. The first-order valence-corrected chi connectivity index (χ1v) is 9.74. The van der Waals surface area contributed by atoms with Crippen LogP contribution in [0, 0.1) is 6.92 Å². The van der Waals surface area contributed by atoms with Gasteiger partial charge >= 0.3 is 17.8 Å². The van der Waals surface area contributed by atoms with Gasteiger partial charge in [0.2, 0.25) is 6.04 Å². The summed E-state index contributed by atoms with van der Waals surface area (Å²) in [5.74, 6) is 0.292. The highest BCUT2D eigenvalue weighted by Gasteiger charge is 2.54. The van der Waals surface area contributed by atoms with Crippen molar-refractivity contribution in [2.45, 2.75) is 19.5 Å². The zero-order chi connectivity index (χ0) is 22.1. The first kappa shape index (κ1) is 20.2. The van der Waals surface area contributed by atoms with Crippen LogP contribution >= 0.6 is 0 Å². The van der Waals surface area contributed by atoms with Gasteiger partial charge in [0, 0.05) is 7.05 Å². The largest absolute Gasteiger partial charge is 0.872 e. The molecule has 31 heavy (non-hydrogen) atoms. The number of nitrogens with one attached hydrogen (secondary N) is 1. The standard InChI is InChI=1S/C22H22N6O3/c1-14-4-6-16(7-5-14)13-28-18-19(26(2)22(31)27(3)20(18)30)24-21(28)25-23-12-15-8-10-17(29)11-9-15/h4-12,18H,13H2,1-3H3,(H,23,29). The molecule has 0 aromatic heterocycles. The number of nitrogens with zero attached hydrogens (tertiary/aromatic N) is 5. The van der Waals surface area contributed by atoms with E-state index in [-0.39, 0.29) is 11.7 Å². The molecular weight excluding hydrogens is 396 g/mol. The number of aryl methyl sites for hydroxylation is 1. The zero-order valence-electron chi connectivity index (χ0n) is 17.4. The van der Waals surface area contributed by atoms with Crippen molar-refractivity contribution in [3.63, 3.8) is 0 Å². The van der Waals surface area contributed by atoms with Crippen LogP contribution < -0.4 is 15.2 Å². The van der Waals surface area contributed by atoms with Crippen LogP contribution in [0.1, 0.15) is 16.7 Å². The van der Waals surface area contributed by atoms with Crippen LogP contribution in [0.5, 0.6) is 5.75 Å². The van der Waals surface area contributed by atoms with Crippen LogP contribution in [0.3, 0.4) is 0 Å². The van der Waals surface area contributed by atoms with Gasteiger partial charge in [-0.1, -0.05) is 54.1 Å². The molecule has 9 nitrogen and oxygen atoms in total. The fourth-order valence-corrected chi connectivity index (χ4v) is 3.46. The van der Waals surface area contributed by atoms with Gasteiger partial charge in [0.1, 0.15) is 0 Å². The van der Waals surface area contributed by atoms with Crippen molar-refractivity contribution in [3.05, 3.63) is 65.2 Å². The van der Waals surface area contributed by atoms with Gasteiger partial charge in [0.05, 0.1) is 19.8 Å². The summed E-state index contributed by atoms with van der Waals surface area (Å²) in [4.78, 5) is 29.6. The molecule has 1 atom stereocenters. The van der Waals surface area contributed by atoms with Gasteiger partial charge in [-0.25, -0.2) is 19.3 Å². The highest BCUT2D eigenvalue weighted by molar-refractivity contribution is 6.23. The molecule has 2 aromatic carbocycles. The first-order chi connectivity index (χ1) is 14.8. The third kappa shape index (κ3) is 3.86. The molecule has 9 heteroatoms. The van der Waals surface area contributed by atoms with E-state index in [1.54, 1.807) is 30.3 Å². The number of hydrazone groups is 1. The molecule has 4 rings (SSSR count). The summed E-state index contributed by atoms with van der Waals surface area (Å²) >= 11 is 0. The van der Waals surface area contributed by atoms with Gasteiger partial charge in [-0.3, -0.25) is 9.69 Å². The predicted molar refractivity (Wildman–Crippen MR) is 115 cm³/mol. The summed E-state index contributed by atoms with van der Waals surface area (Å²) < 4.78 is 4.51. The van der Waals surface area contributed by atoms with Crippen LogP contribution in [0.2, 0.25) is 0 Å². The molecule has 1 N–H and O–H groups in total. The van der Waals surface area contributed by atoms with Gasteiger partial charge in [0.25, 0.3) is 5.91 Å². The fraction of sp³-hybridized carbons (Fsp3) is 0.227. The van der Waals surface area contributed by atoms with Gasteiger partial charge in [-0.15, -0.1) is 10.9 Å². The van der Waals surface area contributed by atoms with Gasteiger partial charge < -0.3 is 5.11 Å². The second-order valence-electron chi connectivity index (χ2n) is 7.49. The minimum absolute atomic E-state index is 0.0784. The van der Waals surface area contributed by atoms with Crippen LogP contribution in [0.15, 0.2) is 53.6 Å². The molecule has 1 saturated heterocycles. The number of benzene rings is 2. The molecule has 0 bridgehead atoms. The SMILES string of the molecule is Cc1ccc(CN2C(N/N=C/c3ccc([O-])cc3)=[N+]=C3C2C(=O)N(C)C(=O)N3C)cc1. The predicted octanol–water partition coefficient (Wildman–Crippen LogP) is 0.222. The Bertz CT molecular complexity index is 1120. The lowest BCUT2D eigenvalue weighted by Gasteiger charge is -2.31. The quantitative estimate of drug-likeness (QED) is 0.435. The fourth-order valence-electron chi connectivity index (χ4n) is 3.46. The van der Waals surface area contributed by atoms with E-state index in [0.717, 1.165) is 21.6 Å². The lowest BCUT2D eigenvalue weighted by molar-refractivity contribution is -0.268. The summed E-state index contributed by atoms with van der Waals surface area (Å²) in [5.41, 5.74) is 5.76. The monoisotopic (exact) mass is 418 g/mol. The Labute approximate surface area is 179 Å². The minimum atomic E-state index is -0.730. The van der Waals surface area contributed by atoms with Crippen molar-refractivity contribution in [2.24, 2.45) is 5.10 Å². The second-order valence-corrected chi connectivity index (χ2v) is 7.49. The maximum Gasteiger partial charge on any atom is 0.421 e. The van der Waals surface area contributed by atoms with Gasteiger partial charge in [-0.05, 0) is 18.1 Å². The number of carbonyl (C=O) groups excluding carboxylic acids is 2. The summed E-state index contributed by atoms with van der Waals surface area (Å²) in [6.07, 6.45) is 1.56. The third-order valence-corrected chi connectivity index (χ3v) is 5.26. The number of guanidine groups is 1. The summed E-state index contributed by atoms with van der Waals surface area (Å²) in [6.45, 7) is 2.41. The van der Waals surface area contributed by atoms with E-state index in [9.17, 15) is 14.7 Å². The van der Waals surface area contributed by atoms with Crippen molar-refractivity contribution in [2.75, 3.05) is 14.1 Å². The van der Waals surface area contributed by atoms with E-state index >= 15 is 0 Å². The summed E-state index contributed by atoms with van der Waals surface area (Å²) in [5, 5.41) is 15.5. The lowest BCUT2D eigenvalue weighted by atomic mass is 10.1. The van der Waals surface area contributed by atoms with Crippen LogP contribution in [-0.4, -0.2) is 64.8 Å².